The van der Waals surface area contributed by atoms with Crippen LogP contribution in [0.15, 0.2) is 48.8 Å². The van der Waals surface area contributed by atoms with E-state index in [0.29, 0.717) is 18.5 Å². The maximum Gasteiger partial charge on any atom is 0.263 e. The number of nitrogens with one attached hydrogen (secondary N) is 1. The summed E-state index contributed by atoms with van der Waals surface area (Å²) in [7, 11) is 0. The molecule has 2 aromatic carbocycles. The number of rotatable bonds is 6. The molecule has 0 unspecified atom stereocenters. The highest BCUT2D eigenvalue weighted by Gasteiger charge is 2.34. The van der Waals surface area contributed by atoms with Crippen molar-refractivity contribution in [3.05, 3.63) is 60.2 Å². The minimum Gasteiger partial charge on any atom is -0.368 e. The van der Waals surface area contributed by atoms with Gasteiger partial charge in [0, 0.05) is 50.3 Å². The van der Waals surface area contributed by atoms with Crippen molar-refractivity contribution >= 4 is 23.2 Å². The number of piperazine rings is 1. The lowest BCUT2D eigenvalue weighted by Crippen LogP contribution is -2.49. The summed E-state index contributed by atoms with van der Waals surface area (Å²) in [5, 5.41) is 6.74. The van der Waals surface area contributed by atoms with Gasteiger partial charge in [-0.05, 0) is 49.2 Å². The predicted octanol–water partition coefficient (Wildman–Crippen LogP) is 4.39. The Hall–Kier alpha value is -3.56. The lowest BCUT2D eigenvalue weighted by molar-refractivity contribution is -0.132. The van der Waals surface area contributed by atoms with Crippen molar-refractivity contribution < 1.29 is 30.4 Å². The first kappa shape index (κ1) is 13.9. The van der Waals surface area contributed by atoms with E-state index in [-0.39, 0.29) is 22.9 Å². The summed E-state index contributed by atoms with van der Waals surface area (Å²) in [4.78, 5) is 16.9. The summed E-state index contributed by atoms with van der Waals surface area (Å²) in [5.41, 5.74) is -1.23. The first-order chi connectivity index (χ1) is 19.0. The number of benzene rings is 2. The Balaban J connectivity index is 0.00000405. The second-order valence-corrected chi connectivity index (χ2v) is 7.46. The monoisotopic (exact) mass is 466 g/mol. The molecule has 33 heavy (non-hydrogen) atoms. The maximum absolute atomic E-state index is 13.9. The van der Waals surface area contributed by atoms with E-state index in [0.717, 1.165) is 18.2 Å². The average molecular weight is 467 g/mol. The van der Waals surface area contributed by atoms with Crippen molar-refractivity contribution in [2.75, 3.05) is 36.2 Å². The molecule has 1 saturated heterocycles. The van der Waals surface area contributed by atoms with Crippen LogP contribution in [0.4, 0.5) is 30.5 Å². The Bertz CT molecular complexity index is 1470. The molecule has 2 fully saturated rings. The third-order valence-electron chi connectivity index (χ3n) is 4.97. The molecule has 7 nitrogen and oxygen atoms in total. The van der Waals surface area contributed by atoms with Crippen LogP contribution in [0, 0.1) is 11.7 Å². The van der Waals surface area contributed by atoms with E-state index < -0.39 is 61.3 Å². The number of halogens is 3. The smallest absolute Gasteiger partial charge is 0.263 e. The molecule has 1 saturated carbocycles. The van der Waals surface area contributed by atoms with Crippen LogP contribution in [0.5, 0.6) is 0 Å². The van der Waals surface area contributed by atoms with Crippen LogP contribution < -0.4 is 10.2 Å². The van der Waals surface area contributed by atoms with Gasteiger partial charge in [0.1, 0.15) is 12.1 Å². The van der Waals surface area contributed by atoms with Gasteiger partial charge < -0.3 is 15.1 Å². The SMILES string of the molecule is [2H]C1([2H])N(C(=O)C2CC2)C([2H])([2H])C([2H])([2H])N(c2cc(Nc3ncn(-c4cccc(F)c4)n3)cc(C(F)F)c2)C1([2H])[2H].[HH]. The van der Waals surface area contributed by atoms with Gasteiger partial charge in [0.25, 0.3) is 6.43 Å². The van der Waals surface area contributed by atoms with Crippen molar-refractivity contribution in [3.63, 3.8) is 0 Å². The zero-order chi connectivity index (χ0) is 30.1. The number of aromatic nitrogens is 3. The Morgan fingerprint density at radius 1 is 1.12 bits per heavy atom. The molecule has 1 amide bonds. The van der Waals surface area contributed by atoms with Gasteiger partial charge in [-0.1, -0.05) is 6.07 Å². The summed E-state index contributed by atoms with van der Waals surface area (Å²) in [5.74, 6) is -2.53. The number of nitrogens with zero attached hydrogens (tertiary/aromatic N) is 5. The van der Waals surface area contributed by atoms with Crippen molar-refractivity contribution in [2.45, 2.75) is 19.3 Å². The van der Waals surface area contributed by atoms with Crippen LogP contribution in [0.2, 0.25) is 0 Å². The van der Waals surface area contributed by atoms with Gasteiger partial charge in [0.15, 0.2) is 0 Å². The minimum absolute atomic E-state index is 0. The van der Waals surface area contributed by atoms with Crippen molar-refractivity contribution in [3.8, 4) is 5.69 Å². The fourth-order valence-electron chi connectivity index (χ4n) is 3.16. The molecule has 1 aliphatic carbocycles. The van der Waals surface area contributed by atoms with Crippen LogP contribution in [-0.4, -0.2) is 51.6 Å². The molecule has 1 aliphatic heterocycles. The topological polar surface area (TPSA) is 66.3 Å². The molecule has 3 aromatic rings. The van der Waals surface area contributed by atoms with Gasteiger partial charge in [-0.3, -0.25) is 4.79 Å². The predicted molar refractivity (Wildman–Crippen MR) is 120 cm³/mol. The van der Waals surface area contributed by atoms with E-state index in [9.17, 15) is 18.0 Å². The summed E-state index contributed by atoms with van der Waals surface area (Å²) < 4.78 is 111. The number of hydrogen-bond acceptors (Lipinski definition) is 5. The molecule has 2 heterocycles. The number of hydrogen-bond donors (Lipinski definition) is 1. The van der Waals surface area contributed by atoms with Crippen molar-refractivity contribution in [1.82, 2.24) is 19.7 Å². The quantitative estimate of drug-likeness (QED) is 0.584. The molecule has 1 aromatic heterocycles. The van der Waals surface area contributed by atoms with E-state index in [1.807, 2.05) is 0 Å². The highest BCUT2D eigenvalue weighted by molar-refractivity contribution is 5.81. The van der Waals surface area contributed by atoms with E-state index in [2.05, 4.69) is 15.4 Å². The first-order valence-corrected chi connectivity index (χ1v) is 10.0. The van der Waals surface area contributed by atoms with Gasteiger partial charge in [-0.2, -0.15) is 4.98 Å². The largest absolute Gasteiger partial charge is 0.368 e. The van der Waals surface area contributed by atoms with Gasteiger partial charge in [0.05, 0.1) is 16.7 Å². The standard InChI is InChI=1S/C23H23F3N6O.H2/c24-17-2-1-3-19(12-17)32-14-27-23(29-32)28-18-10-16(21(25)26)11-20(13-18)30-6-8-31(9-7-30)22(33)15-4-5-15;/h1-3,10-15,21H,4-9H2,(H,28,29);1H/i6D2,7D2,8D2,9D2;. The fraction of sp³-hybridized carbons (Fsp3) is 0.348. The molecular formula is C23H25F3N6O. The Morgan fingerprint density at radius 2 is 1.91 bits per heavy atom. The molecule has 0 bridgehead atoms. The second kappa shape index (κ2) is 8.76. The zero-order valence-corrected chi connectivity index (χ0v) is 17.0. The third kappa shape index (κ3) is 4.79. The van der Waals surface area contributed by atoms with Crippen molar-refractivity contribution in [2.24, 2.45) is 5.92 Å². The number of amides is 1. The normalized spacial score (nSPS) is 26.1. The van der Waals surface area contributed by atoms with Gasteiger partial charge in [-0.15, -0.1) is 5.10 Å². The highest BCUT2D eigenvalue weighted by Crippen LogP contribution is 2.33. The van der Waals surface area contributed by atoms with E-state index >= 15 is 0 Å². The molecular weight excluding hydrogens is 433 g/mol. The zero-order valence-electron chi connectivity index (χ0n) is 25.0. The summed E-state index contributed by atoms with van der Waals surface area (Å²) in [6.45, 7) is -13.7. The highest BCUT2D eigenvalue weighted by atomic mass is 19.3. The van der Waals surface area contributed by atoms with E-state index in [4.69, 9.17) is 11.0 Å². The number of carbonyl (C=O) groups excluding carboxylic acids is 1. The molecule has 174 valence electrons. The number of carbonyl (C=O) groups is 1. The van der Waals surface area contributed by atoms with Crippen LogP contribution in [-0.2, 0) is 4.79 Å². The molecule has 0 radical (unpaired) electrons. The van der Waals surface area contributed by atoms with Gasteiger partial charge in [0.2, 0.25) is 11.9 Å². The summed E-state index contributed by atoms with van der Waals surface area (Å²) >= 11 is 0. The van der Waals surface area contributed by atoms with Crippen LogP contribution >= 0.6 is 0 Å². The lowest BCUT2D eigenvalue weighted by atomic mass is 10.1. The second-order valence-electron chi connectivity index (χ2n) is 7.46. The van der Waals surface area contributed by atoms with Crippen LogP contribution in [0.1, 0.15) is 37.2 Å². The Morgan fingerprint density at radius 3 is 2.61 bits per heavy atom. The molecule has 0 spiro atoms. The maximum atomic E-state index is 13.9. The average Bonchev–Trinajstić information content (AvgIpc) is 3.61. The lowest BCUT2D eigenvalue weighted by Gasteiger charge is -2.36. The van der Waals surface area contributed by atoms with Crippen LogP contribution in [0.25, 0.3) is 5.69 Å². The summed E-state index contributed by atoms with van der Waals surface area (Å²) in [6, 6.07) is 8.06. The minimum atomic E-state index is -3.43. The van der Waals surface area contributed by atoms with Crippen LogP contribution in [0.3, 0.4) is 0 Å². The van der Waals surface area contributed by atoms with E-state index in [1.165, 1.54) is 35.3 Å². The Labute approximate surface area is 201 Å². The van der Waals surface area contributed by atoms with E-state index in [1.54, 1.807) is 0 Å². The molecule has 0 atom stereocenters. The van der Waals surface area contributed by atoms with Crippen molar-refractivity contribution in [1.29, 1.82) is 0 Å². The molecule has 5 rings (SSSR count). The Kier molecular flexibility index (Phi) is 3.68. The molecule has 2 aliphatic rings. The van der Waals surface area contributed by atoms with Gasteiger partial charge in [-0.25, -0.2) is 17.9 Å². The summed E-state index contributed by atoms with van der Waals surface area (Å²) in [6.07, 6.45) is -1.28. The molecule has 1 N–H and O–H groups in total. The van der Waals surface area contributed by atoms with Gasteiger partial charge >= 0.3 is 0 Å². The number of alkyl halides is 2. The number of anilines is 3. The fourth-order valence-corrected chi connectivity index (χ4v) is 3.16. The first-order valence-electron chi connectivity index (χ1n) is 14.0. The molecule has 10 heteroatoms. The third-order valence-corrected chi connectivity index (χ3v) is 4.97.